The first-order valence-corrected chi connectivity index (χ1v) is 11.0. The Kier molecular flexibility index (Phi) is 9.90. The first kappa shape index (κ1) is 23.9. The molecule has 0 aliphatic carbocycles. The minimum Gasteiger partial charge on any atom is -0.383 e. The molecule has 1 aliphatic heterocycles. The number of hydrogen-bond donors (Lipinski definition) is 1. The molecule has 0 bridgehead atoms. The fraction of sp³-hybridized carbons (Fsp3) is 0.409. The number of hydrogen-bond acceptors (Lipinski definition) is 4. The molecule has 0 fully saturated rings. The molecule has 0 saturated carbocycles. The summed E-state index contributed by atoms with van der Waals surface area (Å²) >= 11 is 0. The van der Waals surface area contributed by atoms with Crippen LogP contribution >= 0.6 is 0 Å². The molecule has 1 aromatic carbocycles. The third-order valence-electron chi connectivity index (χ3n) is 4.53. The van der Waals surface area contributed by atoms with Crippen LogP contribution in [0.1, 0.15) is 33.3 Å². The molecule has 1 aromatic rings. The second-order valence-electron chi connectivity index (χ2n) is 6.20. The van der Waals surface area contributed by atoms with E-state index in [1.54, 1.807) is 13.4 Å². The van der Waals surface area contributed by atoms with Gasteiger partial charge in [0, 0.05) is 54.0 Å². The van der Waals surface area contributed by atoms with E-state index in [1.807, 2.05) is 63.1 Å². The van der Waals surface area contributed by atoms with Gasteiger partial charge in [0.2, 0.25) is 0 Å². The van der Waals surface area contributed by atoms with Crippen molar-refractivity contribution in [2.75, 3.05) is 26.5 Å². The first-order valence-electron chi connectivity index (χ1n) is 9.40. The number of rotatable bonds is 7. The zero-order chi connectivity index (χ0) is 21.3. The Hall–Kier alpha value is -2.18. The second kappa shape index (κ2) is 11.6. The molecule has 1 N–H and O–H groups in total. The van der Waals surface area contributed by atoms with Gasteiger partial charge in [0.05, 0.1) is 12.2 Å². The number of ether oxygens (including phenoxy) is 1. The molecule has 1 atom stereocenters. The van der Waals surface area contributed by atoms with Gasteiger partial charge < -0.3 is 15.0 Å². The summed E-state index contributed by atoms with van der Waals surface area (Å²) < 4.78 is 16.6. The molecule has 0 spiro atoms. The molecule has 1 amide bonds. The maximum absolute atomic E-state index is 12.7. The van der Waals surface area contributed by atoms with Crippen LogP contribution in [-0.4, -0.2) is 41.5 Å². The second-order valence-corrected chi connectivity index (χ2v) is 7.58. The molecule has 0 aromatic heterocycles. The van der Waals surface area contributed by atoms with Crippen molar-refractivity contribution in [2.45, 2.75) is 39.1 Å². The average Bonchev–Trinajstić information content (AvgIpc) is 2.71. The summed E-state index contributed by atoms with van der Waals surface area (Å²) in [6, 6.07) is 7.39. The minimum atomic E-state index is -1.00. The van der Waals surface area contributed by atoms with Gasteiger partial charge in [0.1, 0.15) is 0 Å². The van der Waals surface area contributed by atoms with Crippen LogP contribution in [0.2, 0.25) is 0 Å². The molecule has 1 unspecified atom stereocenters. The van der Waals surface area contributed by atoms with Gasteiger partial charge in [0.15, 0.2) is 0 Å². The molecule has 0 radical (unpaired) electrons. The molecule has 2 rings (SSSR count). The number of benzene rings is 1. The van der Waals surface area contributed by atoms with Crippen molar-refractivity contribution in [1.82, 2.24) is 10.2 Å². The van der Waals surface area contributed by atoms with E-state index in [1.165, 1.54) is 0 Å². The first-order chi connectivity index (χ1) is 13.3. The van der Waals surface area contributed by atoms with E-state index >= 15 is 0 Å². The van der Waals surface area contributed by atoms with Crippen LogP contribution in [0.25, 0.3) is 0 Å². The zero-order valence-electron chi connectivity index (χ0n) is 17.8. The Labute approximate surface area is 171 Å². The largest absolute Gasteiger partial charge is 0.383 e. The summed E-state index contributed by atoms with van der Waals surface area (Å²) in [6.45, 7) is 13.7. The summed E-state index contributed by atoms with van der Waals surface area (Å²) in [6.07, 6.45) is 3.48. The Bertz CT molecular complexity index is 779. The smallest absolute Gasteiger partial charge is 0.253 e. The number of methoxy groups -OCH3 is 1. The Morgan fingerprint density at radius 2 is 1.82 bits per heavy atom. The van der Waals surface area contributed by atoms with Crippen molar-refractivity contribution in [3.63, 3.8) is 0 Å². The maximum Gasteiger partial charge on any atom is 0.253 e. The van der Waals surface area contributed by atoms with Crippen LogP contribution in [0.5, 0.6) is 0 Å². The van der Waals surface area contributed by atoms with Gasteiger partial charge in [-0.3, -0.25) is 9.00 Å². The fourth-order valence-electron chi connectivity index (χ4n) is 2.66. The van der Waals surface area contributed by atoms with Crippen LogP contribution in [0.3, 0.4) is 0 Å². The van der Waals surface area contributed by atoms with Gasteiger partial charge in [-0.25, -0.2) is 0 Å². The number of carbonyl (C=O) groups excluding carboxylic acids is 1. The molecule has 0 saturated heterocycles. The number of nitrogens with zero attached hydrogens (tertiary/aromatic N) is 1. The standard InChI is InChI=1S/C20H26N2O3S.C2H6/c1-14-15(2)19(13-22(16(14)3)10-11-25-4)20(23)21-12-17-6-8-18(9-7-17)26(5)24;1-2/h6-9,13H,2,10-12H2,1,3-5H3,(H,21,23);1-2H3. The van der Waals surface area contributed by atoms with E-state index in [0.717, 1.165) is 27.3 Å². The van der Waals surface area contributed by atoms with Crippen LogP contribution in [0, 0.1) is 0 Å². The fourth-order valence-corrected chi connectivity index (χ4v) is 3.18. The highest BCUT2D eigenvalue weighted by atomic mass is 32.2. The molecular formula is C22H32N2O3S. The number of carbonyl (C=O) groups is 1. The predicted octanol–water partition coefficient (Wildman–Crippen LogP) is 3.76. The van der Waals surface area contributed by atoms with Crippen molar-refractivity contribution in [2.24, 2.45) is 0 Å². The highest BCUT2D eigenvalue weighted by Gasteiger charge is 2.23. The third-order valence-corrected chi connectivity index (χ3v) is 5.46. The summed E-state index contributed by atoms with van der Waals surface area (Å²) in [7, 11) is 0.656. The maximum atomic E-state index is 12.7. The van der Waals surface area contributed by atoms with Crippen molar-refractivity contribution >= 4 is 16.7 Å². The lowest BCUT2D eigenvalue weighted by Gasteiger charge is -2.30. The predicted molar refractivity (Wildman–Crippen MR) is 116 cm³/mol. The Balaban J connectivity index is 0.00000190. The normalized spacial score (nSPS) is 14.9. The van der Waals surface area contributed by atoms with Crippen LogP contribution in [0.4, 0.5) is 0 Å². The highest BCUT2D eigenvalue weighted by molar-refractivity contribution is 7.84. The van der Waals surface area contributed by atoms with Crippen molar-refractivity contribution in [3.05, 3.63) is 65.0 Å². The summed E-state index contributed by atoms with van der Waals surface area (Å²) in [4.78, 5) is 15.5. The molecule has 5 nitrogen and oxygen atoms in total. The Morgan fingerprint density at radius 3 is 2.36 bits per heavy atom. The highest BCUT2D eigenvalue weighted by Crippen LogP contribution is 2.28. The minimum absolute atomic E-state index is 0.160. The molecule has 1 aliphatic rings. The van der Waals surface area contributed by atoms with Gasteiger partial charge >= 0.3 is 0 Å². The van der Waals surface area contributed by atoms with E-state index < -0.39 is 10.8 Å². The van der Waals surface area contributed by atoms with Crippen molar-refractivity contribution < 1.29 is 13.7 Å². The summed E-state index contributed by atoms with van der Waals surface area (Å²) in [5.41, 5.74) is 4.34. The van der Waals surface area contributed by atoms with Crippen molar-refractivity contribution in [3.8, 4) is 0 Å². The van der Waals surface area contributed by atoms with E-state index in [0.29, 0.717) is 25.3 Å². The molecule has 1 heterocycles. The molecular weight excluding hydrogens is 372 g/mol. The topological polar surface area (TPSA) is 58.6 Å². The molecule has 154 valence electrons. The average molecular weight is 405 g/mol. The van der Waals surface area contributed by atoms with Crippen LogP contribution < -0.4 is 5.32 Å². The van der Waals surface area contributed by atoms with E-state index in [4.69, 9.17) is 4.74 Å². The van der Waals surface area contributed by atoms with Gasteiger partial charge in [-0.2, -0.15) is 0 Å². The third kappa shape index (κ3) is 6.17. The summed E-state index contributed by atoms with van der Waals surface area (Å²) in [5.74, 6) is -0.160. The van der Waals surface area contributed by atoms with Gasteiger partial charge in [-0.05, 0) is 42.7 Å². The summed E-state index contributed by atoms with van der Waals surface area (Å²) in [5, 5.41) is 2.94. The van der Waals surface area contributed by atoms with Crippen molar-refractivity contribution in [1.29, 1.82) is 0 Å². The molecule has 28 heavy (non-hydrogen) atoms. The van der Waals surface area contributed by atoms with Crippen LogP contribution in [0.15, 0.2) is 64.4 Å². The molecule has 6 heteroatoms. The van der Waals surface area contributed by atoms with Crippen LogP contribution in [-0.2, 0) is 26.9 Å². The number of nitrogens with one attached hydrogen (secondary N) is 1. The van der Waals surface area contributed by atoms with E-state index in [9.17, 15) is 9.00 Å². The Morgan fingerprint density at radius 1 is 1.21 bits per heavy atom. The lowest BCUT2D eigenvalue weighted by Crippen LogP contribution is -2.31. The lowest BCUT2D eigenvalue weighted by molar-refractivity contribution is -0.117. The lowest BCUT2D eigenvalue weighted by atomic mass is 9.95. The van der Waals surface area contributed by atoms with Gasteiger partial charge in [-0.1, -0.05) is 32.6 Å². The number of amides is 1. The number of allylic oxidation sites excluding steroid dienone is 2. The van der Waals surface area contributed by atoms with E-state index in [-0.39, 0.29) is 5.91 Å². The van der Waals surface area contributed by atoms with E-state index in [2.05, 4.69) is 11.9 Å². The zero-order valence-corrected chi connectivity index (χ0v) is 18.6. The monoisotopic (exact) mass is 404 g/mol. The quantitative estimate of drug-likeness (QED) is 0.752. The SMILES string of the molecule is C=C1C(C(=O)NCc2ccc(S(C)=O)cc2)=CN(CCOC)C(C)=C1C.CC. The van der Waals surface area contributed by atoms with Gasteiger partial charge in [0.25, 0.3) is 5.91 Å². The van der Waals surface area contributed by atoms with Gasteiger partial charge in [-0.15, -0.1) is 0 Å².